The first kappa shape index (κ1) is 14.1. The molecule has 0 aromatic heterocycles. The lowest BCUT2D eigenvalue weighted by atomic mass is 10.1. The molecule has 0 fully saturated rings. The first-order valence-corrected chi connectivity index (χ1v) is 5.78. The Morgan fingerprint density at radius 3 is 2.89 bits per heavy atom. The molecule has 0 saturated carbocycles. The zero-order valence-electron chi connectivity index (χ0n) is 10.6. The fraction of sp³-hybridized carbons (Fsp3) is 0.357. The number of nitrogens with two attached hydrogens (primary N) is 1. The summed E-state index contributed by atoms with van der Waals surface area (Å²) in [6.45, 7) is 3.76. The quantitative estimate of drug-likeness (QED) is 0.768. The van der Waals surface area contributed by atoms with Crippen molar-refractivity contribution in [2.24, 2.45) is 5.73 Å². The third kappa shape index (κ3) is 4.11. The van der Waals surface area contributed by atoms with Gasteiger partial charge in [0.05, 0.1) is 6.54 Å². The number of hydrogen-bond donors (Lipinski definition) is 2. The highest BCUT2D eigenvalue weighted by Crippen LogP contribution is 2.18. The van der Waals surface area contributed by atoms with Crippen LogP contribution >= 0.6 is 0 Å². The maximum Gasteiger partial charge on any atom is 0.261 e. The number of benzene rings is 1. The summed E-state index contributed by atoms with van der Waals surface area (Å²) in [6.07, 6.45) is 4.47. The Kier molecular flexibility index (Phi) is 5.22. The van der Waals surface area contributed by atoms with E-state index >= 15 is 0 Å². The summed E-state index contributed by atoms with van der Waals surface area (Å²) in [5.41, 5.74) is 6.74. The minimum atomic E-state index is -0.596. The average Bonchev–Trinajstić information content (AvgIpc) is 2.36. The van der Waals surface area contributed by atoms with Crippen molar-refractivity contribution in [3.8, 4) is 18.1 Å². The van der Waals surface area contributed by atoms with Gasteiger partial charge in [0.15, 0.2) is 6.10 Å². The van der Waals surface area contributed by atoms with Crippen molar-refractivity contribution in [2.75, 3.05) is 6.54 Å². The molecule has 96 valence electrons. The average molecular weight is 246 g/mol. The molecule has 2 atom stereocenters. The van der Waals surface area contributed by atoms with Gasteiger partial charge < -0.3 is 15.8 Å². The van der Waals surface area contributed by atoms with E-state index in [4.69, 9.17) is 16.9 Å². The Labute approximate surface area is 108 Å². The van der Waals surface area contributed by atoms with Gasteiger partial charge in [-0.15, -0.1) is 6.42 Å². The topological polar surface area (TPSA) is 64.3 Å². The van der Waals surface area contributed by atoms with Gasteiger partial charge in [0, 0.05) is 6.04 Å². The highest BCUT2D eigenvalue weighted by molar-refractivity contribution is 5.80. The van der Waals surface area contributed by atoms with Crippen LogP contribution in [0.4, 0.5) is 0 Å². The van der Waals surface area contributed by atoms with Crippen LogP contribution in [0.1, 0.15) is 25.5 Å². The van der Waals surface area contributed by atoms with Crippen molar-refractivity contribution in [1.29, 1.82) is 0 Å². The minimum absolute atomic E-state index is 0.0703. The van der Waals surface area contributed by atoms with Crippen LogP contribution < -0.4 is 15.8 Å². The van der Waals surface area contributed by atoms with Gasteiger partial charge >= 0.3 is 0 Å². The highest BCUT2D eigenvalue weighted by atomic mass is 16.5. The number of terminal acetylenes is 1. The van der Waals surface area contributed by atoms with Gasteiger partial charge in [-0.05, 0) is 31.5 Å². The number of rotatable bonds is 5. The van der Waals surface area contributed by atoms with Crippen LogP contribution in [0, 0.1) is 12.3 Å². The smallest absolute Gasteiger partial charge is 0.261 e. The SMILES string of the molecule is C#CCNC(=O)C(C)Oc1cccc(C(C)N)c1. The molecule has 0 heterocycles. The van der Waals surface area contributed by atoms with Crippen LogP contribution in [0.5, 0.6) is 5.75 Å². The van der Waals surface area contributed by atoms with Crippen molar-refractivity contribution in [3.05, 3.63) is 29.8 Å². The second-order valence-electron chi connectivity index (χ2n) is 4.04. The first-order valence-electron chi connectivity index (χ1n) is 5.78. The minimum Gasteiger partial charge on any atom is -0.481 e. The molecule has 4 heteroatoms. The Bertz CT molecular complexity index is 449. The van der Waals surface area contributed by atoms with Crippen LogP contribution in [0.2, 0.25) is 0 Å². The maximum absolute atomic E-state index is 11.6. The van der Waals surface area contributed by atoms with E-state index in [2.05, 4.69) is 11.2 Å². The number of nitrogens with one attached hydrogen (secondary N) is 1. The molecular weight excluding hydrogens is 228 g/mol. The molecule has 0 aliphatic carbocycles. The number of carbonyl (C=O) groups is 1. The number of hydrogen-bond acceptors (Lipinski definition) is 3. The molecule has 0 aliphatic rings. The van der Waals surface area contributed by atoms with Crippen LogP contribution in [0.25, 0.3) is 0 Å². The van der Waals surface area contributed by atoms with E-state index in [0.29, 0.717) is 5.75 Å². The van der Waals surface area contributed by atoms with Gasteiger partial charge in [-0.2, -0.15) is 0 Å². The number of amides is 1. The van der Waals surface area contributed by atoms with Gasteiger partial charge in [0.25, 0.3) is 5.91 Å². The Balaban J connectivity index is 2.64. The van der Waals surface area contributed by atoms with Crippen LogP contribution in [-0.2, 0) is 4.79 Å². The van der Waals surface area contributed by atoms with Crippen molar-refractivity contribution < 1.29 is 9.53 Å². The van der Waals surface area contributed by atoms with Gasteiger partial charge in [-0.1, -0.05) is 18.1 Å². The van der Waals surface area contributed by atoms with E-state index in [-0.39, 0.29) is 18.5 Å². The van der Waals surface area contributed by atoms with E-state index in [0.717, 1.165) is 5.56 Å². The van der Waals surface area contributed by atoms with Gasteiger partial charge in [-0.3, -0.25) is 4.79 Å². The third-order valence-corrected chi connectivity index (χ3v) is 2.43. The summed E-state index contributed by atoms with van der Waals surface area (Å²) in [4.78, 5) is 11.6. The summed E-state index contributed by atoms with van der Waals surface area (Å²) in [6, 6.07) is 7.31. The molecule has 4 nitrogen and oxygen atoms in total. The lowest BCUT2D eigenvalue weighted by molar-refractivity contribution is -0.126. The van der Waals surface area contributed by atoms with Crippen LogP contribution in [0.15, 0.2) is 24.3 Å². The van der Waals surface area contributed by atoms with Gasteiger partial charge in [0.1, 0.15) is 5.75 Å². The standard InChI is InChI=1S/C14H18N2O2/c1-4-8-16-14(17)11(3)18-13-7-5-6-12(9-13)10(2)15/h1,5-7,9-11H,8,15H2,2-3H3,(H,16,17). The fourth-order valence-electron chi connectivity index (χ4n) is 1.41. The van der Waals surface area contributed by atoms with Crippen LogP contribution in [0.3, 0.4) is 0 Å². The van der Waals surface area contributed by atoms with E-state index in [1.54, 1.807) is 13.0 Å². The molecule has 1 amide bonds. The lowest BCUT2D eigenvalue weighted by Crippen LogP contribution is -2.36. The van der Waals surface area contributed by atoms with E-state index in [1.807, 2.05) is 25.1 Å². The molecule has 0 aliphatic heterocycles. The molecule has 3 N–H and O–H groups in total. The fourth-order valence-corrected chi connectivity index (χ4v) is 1.41. The molecule has 0 saturated heterocycles. The zero-order chi connectivity index (χ0) is 13.5. The molecule has 2 unspecified atom stereocenters. The van der Waals surface area contributed by atoms with E-state index in [1.165, 1.54) is 0 Å². The third-order valence-electron chi connectivity index (χ3n) is 2.43. The normalized spacial score (nSPS) is 13.2. The highest BCUT2D eigenvalue weighted by Gasteiger charge is 2.13. The van der Waals surface area contributed by atoms with Crippen LogP contribution in [-0.4, -0.2) is 18.6 Å². The largest absolute Gasteiger partial charge is 0.481 e. The second-order valence-corrected chi connectivity index (χ2v) is 4.04. The molecular formula is C14H18N2O2. The van der Waals surface area contributed by atoms with Crippen molar-refractivity contribution in [2.45, 2.75) is 26.0 Å². The predicted molar refractivity (Wildman–Crippen MR) is 71.0 cm³/mol. The Morgan fingerprint density at radius 1 is 1.56 bits per heavy atom. The monoisotopic (exact) mass is 246 g/mol. The molecule has 18 heavy (non-hydrogen) atoms. The molecule has 0 radical (unpaired) electrons. The number of carbonyl (C=O) groups excluding carboxylic acids is 1. The van der Waals surface area contributed by atoms with E-state index in [9.17, 15) is 4.79 Å². The Morgan fingerprint density at radius 2 is 2.28 bits per heavy atom. The van der Waals surface area contributed by atoms with E-state index < -0.39 is 6.10 Å². The summed E-state index contributed by atoms with van der Waals surface area (Å²) >= 11 is 0. The molecule has 0 spiro atoms. The molecule has 1 aromatic rings. The summed E-state index contributed by atoms with van der Waals surface area (Å²) in [5.74, 6) is 2.72. The summed E-state index contributed by atoms with van der Waals surface area (Å²) in [5, 5.41) is 2.56. The Hall–Kier alpha value is -1.99. The second kappa shape index (κ2) is 6.67. The van der Waals surface area contributed by atoms with Gasteiger partial charge in [0.2, 0.25) is 0 Å². The lowest BCUT2D eigenvalue weighted by Gasteiger charge is -2.15. The van der Waals surface area contributed by atoms with Crippen molar-refractivity contribution in [3.63, 3.8) is 0 Å². The summed E-state index contributed by atoms with van der Waals surface area (Å²) in [7, 11) is 0. The van der Waals surface area contributed by atoms with Crippen molar-refractivity contribution in [1.82, 2.24) is 5.32 Å². The molecule has 0 bridgehead atoms. The predicted octanol–water partition coefficient (Wildman–Crippen LogP) is 1.22. The van der Waals surface area contributed by atoms with Gasteiger partial charge in [-0.25, -0.2) is 0 Å². The maximum atomic E-state index is 11.6. The summed E-state index contributed by atoms with van der Waals surface area (Å²) < 4.78 is 5.53. The number of ether oxygens (including phenoxy) is 1. The molecule has 1 rings (SSSR count). The molecule has 1 aromatic carbocycles. The van der Waals surface area contributed by atoms with Crippen molar-refractivity contribution >= 4 is 5.91 Å². The first-order chi connectivity index (χ1) is 8.54. The zero-order valence-corrected chi connectivity index (χ0v) is 10.6.